The molecule has 0 atom stereocenters. The number of piperazine rings is 1. The number of halogens is 1. The maximum Gasteiger partial charge on any atom is 0.218 e. The van der Waals surface area contributed by atoms with Crippen molar-refractivity contribution in [1.82, 2.24) is 14.9 Å². The highest BCUT2D eigenvalue weighted by Crippen LogP contribution is 2.12. The van der Waals surface area contributed by atoms with Crippen LogP contribution < -0.4 is 4.90 Å². The third-order valence-electron chi connectivity index (χ3n) is 2.73. The van der Waals surface area contributed by atoms with Gasteiger partial charge < -0.3 is 10.0 Å². The molecule has 5 nitrogen and oxygen atoms in total. The number of anilines is 1. The number of hydrogen-bond acceptors (Lipinski definition) is 5. The van der Waals surface area contributed by atoms with Gasteiger partial charge in [-0.1, -0.05) is 0 Å². The molecule has 0 bridgehead atoms. The van der Waals surface area contributed by atoms with Gasteiger partial charge in [0.25, 0.3) is 0 Å². The first kappa shape index (κ1) is 11.2. The predicted octanol–water partition coefficient (Wildman–Crippen LogP) is -0.270. The fourth-order valence-corrected chi connectivity index (χ4v) is 1.84. The van der Waals surface area contributed by atoms with Crippen LogP contribution >= 0.6 is 0 Å². The maximum atomic E-state index is 12.9. The molecule has 16 heavy (non-hydrogen) atoms. The zero-order valence-corrected chi connectivity index (χ0v) is 9.01. The molecule has 0 amide bonds. The first-order valence-corrected chi connectivity index (χ1v) is 5.35. The van der Waals surface area contributed by atoms with E-state index in [2.05, 4.69) is 14.9 Å². The first-order chi connectivity index (χ1) is 7.79. The molecule has 1 aromatic rings. The van der Waals surface area contributed by atoms with Crippen molar-refractivity contribution in [3.05, 3.63) is 18.3 Å². The Balaban J connectivity index is 1.94. The van der Waals surface area contributed by atoms with E-state index in [9.17, 15) is 4.39 Å². The number of aliphatic hydroxyl groups is 1. The van der Waals surface area contributed by atoms with Gasteiger partial charge in [0.1, 0.15) is 12.1 Å². The van der Waals surface area contributed by atoms with Crippen LogP contribution in [-0.2, 0) is 0 Å². The van der Waals surface area contributed by atoms with Crippen LogP contribution in [0.3, 0.4) is 0 Å². The minimum atomic E-state index is -0.497. The molecule has 0 aliphatic carbocycles. The van der Waals surface area contributed by atoms with E-state index in [-0.39, 0.29) is 6.61 Å². The van der Waals surface area contributed by atoms with Crippen LogP contribution in [0, 0.1) is 5.95 Å². The SMILES string of the molecule is OCCN1CCN(c2cc(F)ncn2)CC1. The third-order valence-corrected chi connectivity index (χ3v) is 2.73. The van der Waals surface area contributed by atoms with Gasteiger partial charge in [-0.2, -0.15) is 4.39 Å². The van der Waals surface area contributed by atoms with Crippen LogP contribution in [0.1, 0.15) is 0 Å². The van der Waals surface area contributed by atoms with Crippen molar-refractivity contribution in [3.8, 4) is 0 Å². The molecular weight excluding hydrogens is 211 g/mol. The lowest BCUT2D eigenvalue weighted by Crippen LogP contribution is -2.47. The summed E-state index contributed by atoms with van der Waals surface area (Å²) in [5, 5.41) is 8.81. The minimum absolute atomic E-state index is 0.183. The monoisotopic (exact) mass is 226 g/mol. The Bertz CT molecular complexity index is 341. The van der Waals surface area contributed by atoms with Gasteiger partial charge in [-0.05, 0) is 0 Å². The van der Waals surface area contributed by atoms with E-state index < -0.39 is 5.95 Å². The van der Waals surface area contributed by atoms with Gasteiger partial charge in [0.05, 0.1) is 6.61 Å². The number of aliphatic hydroxyl groups excluding tert-OH is 1. The summed E-state index contributed by atoms with van der Waals surface area (Å²) >= 11 is 0. The molecule has 6 heteroatoms. The molecule has 1 saturated heterocycles. The largest absolute Gasteiger partial charge is 0.395 e. The molecule has 88 valence electrons. The number of hydrogen-bond donors (Lipinski definition) is 1. The van der Waals surface area contributed by atoms with Crippen LogP contribution in [0.25, 0.3) is 0 Å². The van der Waals surface area contributed by atoms with E-state index in [1.165, 1.54) is 12.4 Å². The second-order valence-corrected chi connectivity index (χ2v) is 3.75. The van der Waals surface area contributed by atoms with E-state index in [0.717, 1.165) is 26.2 Å². The normalized spacial score (nSPS) is 17.8. The van der Waals surface area contributed by atoms with Crippen molar-refractivity contribution in [2.75, 3.05) is 44.2 Å². The van der Waals surface area contributed by atoms with Gasteiger partial charge in [-0.25, -0.2) is 9.97 Å². The Hall–Kier alpha value is -1.27. The fraction of sp³-hybridized carbons (Fsp3) is 0.600. The van der Waals surface area contributed by atoms with E-state index in [1.807, 2.05) is 4.90 Å². The Morgan fingerprint density at radius 1 is 1.25 bits per heavy atom. The number of β-amino-alcohol motifs (C(OH)–C–C–N with tert-alkyl or cyclic N) is 1. The van der Waals surface area contributed by atoms with Gasteiger partial charge in [-0.15, -0.1) is 0 Å². The predicted molar refractivity (Wildman–Crippen MR) is 57.7 cm³/mol. The van der Waals surface area contributed by atoms with Crippen LogP contribution in [0.15, 0.2) is 12.4 Å². The van der Waals surface area contributed by atoms with Crippen LogP contribution in [0.5, 0.6) is 0 Å². The molecule has 1 N–H and O–H groups in total. The second-order valence-electron chi connectivity index (χ2n) is 3.75. The van der Waals surface area contributed by atoms with E-state index >= 15 is 0 Å². The molecular formula is C10H15FN4O. The highest BCUT2D eigenvalue weighted by atomic mass is 19.1. The average molecular weight is 226 g/mol. The molecule has 1 fully saturated rings. The molecule has 0 spiro atoms. The van der Waals surface area contributed by atoms with E-state index in [0.29, 0.717) is 12.4 Å². The van der Waals surface area contributed by atoms with Gasteiger partial charge >= 0.3 is 0 Å². The molecule has 1 aliphatic heterocycles. The smallest absolute Gasteiger partial charge is 0.218 e. The first-order valence-electron chi connectivity index (χ1n) is 5.35. The third kappa shape index (κ3) is 2.65. The zero-order chi connectivity index (χ0) is 11.4. The summed E-state index contributed by atoms with van der Waals surface area (Å²) in [6.45, 7) is 4.22. The van der Waals surface area contributed by atoms with Crippen molar-refractivity contribution in [1.29, 1.82) is 0 Å². The topological polar surface area (TPSA) is 52.5 Å². The van der Waals surface area contributed by atoms with Crippen molar-refractivity contribution in [2.45, 2.75) is 0 Å². The average Bonchev–Trinajstić information content (AvgIpc) is 2.30. The van der Waals surface area contributed by atoms with E-state index in [1.54, 1.807) is 0 Å². The van der Waals surface area contributed by atoms with E-state index in [4.69, 9.17) is 5.11 Å². The van der Waals surface area contributed by atoms with Gasteiger partial charge in [-0.3, -0.25) is 4.90 Å². The van der Waals surface area contributed by atoms with Crippen molar-refractivity contribution < 1.29 is 9.50 Å². The maximum absolute atomic E-state index is 12.9. The number of nitrogens with zero attached hydrogens (tertiary/aromatic N) is 4. The molecule has 0 unspecified atom stereocenters. The summed E-state index contributed by atoms with van der Waals surface area (Å²) in [5.74, 6) is 0.138. The fourth-order valence-electron chi connectivity index (χ4n) is 1.84. The summed E-state index contributed by atoms with van der Waals surface area (Å²) in [6.07, 6.45) is 1.24. The molecule has 2 rings (SSSR count). The molecule has 0 saturated carbocycles. The molecule has 0 aromatic carbocycles. The highest BCUT2D eigenvalue weighted by Gasteiger charge is 2.17. The summed E-state index contributed by atoms with van der Waals surface area (Å²) in [7, 11) is 0. The van der Waals surface area contributed by atoms with Crippen molar-refractivity contribution in [2.24, 2.45) is 0 Å². The minimum Gasteiger partial charge on any atom is -0.395 e. The van der Waals surface area contributed by atoms with Gasteiger partial charge in [0, 0.05) is 38.8 Å². The van der Waals surface area contributed by atoms with Crippen molar-refractivity contribution in [3.63, 3.8) is 0 Å². The molecule has 0 radical (unpaired) electrons. The lowest BCUT2D eigenvalue weighted by molar-refractivity contribution is 0.188. The number of aromatic nitrogens is 2. The Morgan fingerprint density at radius 2 is 2.00 bits per heavy atom. The molecule has 1 aliphatic rings. The zero-order valence-electron chi connectivity index (χ0n) is 9.01. The lowest BCUT2D eigenvalue weighted by Gasteiger charge is -2.34. The highest BCUT2D eigenvalue weighted by molar-refractivity contribution is 5.37. The van der Waals surface area contributed by atoms with Gasteiger partial charge in [0.2, 0.25) is 5.95 Å². The summed E-state index contributed by atoms with van der Waals surface area (Å²) < 4.78 is 12.9. The van der Waals surface area contributed by atoms with Gasteiger partial charge in [0.15, 0.2) is 0 Å². The standard InChI is InChI=1S/C10H15FN4O/c11-9-7-10(13-8-12-9)15-3-1-14(2-4-15)5-6-16/h7-8,16H,1-6H2. The van der Waals surface area contributed by atoms with Crippen LogP contribution in [0.2, 0.25) is 0 Å². The Kier molecular flexibility index (Phi) is 3.63. The summed E-state index contributed by atoms with van der Waals surface area (Å²) in [5.41, 5.74) is 0. The molecule has 2 heterocycles. The van der Waals surface area contributed by atoms with Crippen LogP contribution in [0.4, 0.5) is 10.2 Å². The van der Waals surface area contributed by atoms with Crippen LogP contribution in [-0.4, -0.2) is 59.3 Å². The van der Waals surface area contributed by atoms with Crippen molar-refractivity contribution >= 4 is 5.82 Å². The Morgan fingerprint density at radius 3 is 2.62 bits per heavy atom. The number of rotatable bonds is 3. The quantitative estimate of drug-likeness (QED) is 0.719. The molecule has 1 aromatic heterocycles. The second kappa shape index (κ2) is 5.18. The Labute approximate surface area is 93.5 Å². The summed E-state index contributed by atoms with van der Waals surface area (Å²) in [6, 6.07) is 1.35. The summed E-state index contributed by atoms with van der Waals surface area (Å²) in [4.78, 5) is 11.7. The lowest BCUT2D eigenvalue weighted by atomic mass is 10.3.